The number of furan rings is 1. The zero-order valence-corrected chi connectivity index (χ0v) is 12.1. The van der Waals surface area contributed by atoms with Gasteiger partial charge in [-0.25, -0.2) is 14.8 Å². The van der Waals surface area contributed by atoms with E-state index in [0.29, 0.717) is 23.8 Å². The lowest BCUT2D eigenvalue weighted by atomic mass is 10.3. The van der Waals surface area contributed by atoms with Gasteiger partial charge in [0, 0.05) is 0 Å². The van der Waals surface area contributed by atoms with E-state index in [1.807, 2.05) is 6.92 Å². The van der Waals surface area contributed by atoms with Crippen LogP contribution in [0, 0.1) is 0 Å². The second-order valence-corrected chi connectivity index (χ2v) is 4.26. The number of ether oxygens (including phenoxy) is 2. The molecule has 114 valence electrons. The van der Waals surface area contributed by atoms with E-state index in [1.165, 1.54) is 17.0 Å². The smallest absolute Gasteiger partial charge is 0.343 e. The molecule has 0 aliphatic rings. The Morgan fingerprint density at radius 3 is 2.91 bits per heavy atom. The number of carbonyl (C=O) groups excluding carboxylic acids is 1. The fourth-order valence-corrected chi connectivity index (χ4v) is 1.94. The maximum absolute atomic E-state index is 12.0. The molecule has 8 nitrogen and oxygen atoms in total. The maximum atomic E-state index is 12.0. The monoisotopic (exact) mass is 302 g/mol. The number of hydrogen-bond donors (Lipinski definition) is 0. The van der Waals surface area contributed by atoms with Gasteiger partial charge in [0.15, 0.2) is 11.4 Å². The average Bonchev–Trinajstić information content (AvgIpc) is 3.17. The minimum absolute atomic E-state index is 0.218. The van der Waals surface area contributed by atoms with E-state index in [9.17, 15) is 4.79 Å². The van der Waals surface area contributed by atoms with E-state index in [0.717, 1.165) is 0 Å². The molecule has 0 saturated carbocycles. The third kappa shape index (κ3) is 2.39. The van der Waals surface area contributed by atoms with Crippen molar-refractivity contribution in [3.8, 4) is 17.6 Å². The minimum Gasteiger partial charge on any atom is -0.464 e. The molecular formula is C14H14N4O4. The second kappa shape index (κ2) is 5.84. The molecule has 0 aromatic carbocycles. The van der Waals surface area contributed by atoms with Gasteiger partial charge in [0.25, 0.3) is 0 Å². The van der Waals surface area contributed by atoms with Crippen molar-refractivity contribution >= 4 is 11.6 Å². The van der Waals surface area contributed by atoms with E-state index in [2.05, 4.69) is 15.1 Å². The summed E-state index contributed by atoms with van der Waals surface area (Å²) in [4.78, 5) is 20.5. The van der Waals surface area contributed by atoms with Gasteiger partial charge < -0.3 is 13.9 Å². The molecule has 8 heteroatoms. The topological polar surface area (TPSA) is 91.8 Å². The molecule has 0 spiro atoms. The Hall–Kier alpha value is -2.90. The summed E-state index contributed by atoms with van der Waals surface area (Å²) in [7, 11) is 0. The van der Waals surface area contributed by atoms with Gasteiger partial charge in [0.1, 0.15) is 5.56 Å². The molecule has 3 heterocycles. The predicted octanol–water partition coefficient (Wildman–Crippen LogP) is 1.96. The van der Waals surface area contributed by atoms with Crippen molar-refractivity contribution < 1.29 is 18.7 Å². The summed E-state index contributed by atoms with van der Waals surface area (Å²) < 4.78 is 17.1. The lowest BCUT2D eigenvalue weighted by Gasteiger charge is -2.06. The van der Waals surface area contributed by atoms with E-state index in [-0.39, 0.29) is 18.2 Å². The van der Waals surface area contributed by atoms with Crippen molar-refractivity contribution in [1.29, 1.82) is 0 Å². The van der Waals surface area contributed by atoms with Crippen LogP contribution in [0.4, 0.5) is 0 Å². The van der Waals surface area contributed by atoms with E-state index >= 15 is 0 Å². The van der Waals surface area contributed by atoms with Crippen LogP contribution in [0.3, 0.4) is 0 Å². The van der Waals surface area contributed by atoms with Gasteiger partial charge in [-0.15, -0.1) is 5.10 Å². The van der Waals surface area contributed by atoms with Gasteiger partial charge in [0.05, 0.1) is 25.7 Å². The molecule has 3 aromatic rings. The van der Waals surface area contributed by atoms with Crippen LogP contribution in [-0.2, 0) is 4.74 Å². The van der Waals surface area contributed by atoms with E-state index in [1.54, 1.807) is 19.1 Å². The first-order chi connectivity index (χ1) is 10.7. The van der Waals surface area contributed by atoms with Crippen LogP contribution in [0.1, 0.15) is 24.2 Å². The molecule has 3 rings (SSSR count). The Morgan fingerprint density at radius 1 is 1.36 bits per heavy atom. The fraction of sp³-hybridized carbons (Fsp3) is 0.286. The first kappa shape index (κ1) is 14.1. The summed E-state index contributed by atoms with van der Waals surface area (Å²) >= 11 is 0. The van der Waals surface area contributed by atoms with Gasteiger partial charge in [-0.05, 0) is 26.0 Å². The van der Waals surface area contributed by atoms with Crippen molar-refractivity contribution in [2.45, 2.75) is 13.8 Å². The highest BCUT2D eigenvalue weighted by Gasteiger charge is 2.20. The Balaban J connectivity index is 2.17. The van der Waals surface area contributed by atoms with Gasteiger partial charge in [-0.1, -0.05) is 0 Å². The Labute approximate surface area is 125 Å². The third-order valence-corrected chi connectivity index (χ3v) is 2.84. The van der Waals surface area contributed by atoms with Gasteiger partial charge >= 0.3 is 12.0 Å². The predicted molar refractivity (Wildman–Crippen MR) is 75.6 cm³/mol. The van der Waals surface area contributed by atoms with Crippen molar-refractivity contribution in [3.63, 3.8) is 0 Å². The Kier molecular flexibility index (Phi) is 3.73. The Bertz CT molecular complexity index is 795. The number of carbonyl (C=O) groups is 1. The lowest BCUT2D eigenvalue weighted by Crippen LogP contribution is -2.10. The van der Waals surface area contributed by atoms with Crippen molar-refractivity contribution in [3.05, 3.63) is 30.2 Å². The molecule has 0 bridgehead atoms. The molecule has 0 atom stereocenters. The zero-order valence-electron chi connectivity index (χ0n) is 12.1. The standard InChI is InChI=1S/C14H14N4O4/c1-3-20-13(19)9-8-15-14(21-4-2)18-12(9)16-11(17-18)10-6-5-7-22-10/h5-8H,3-4H2,1-2H3. The number of hydrogen-bond acceptors (Lipinski definition) is 7. The van der Waals surface area contributed by atoms with Crippen LogP contribution in [0.5, 0.6) is 6.01 Å². The molecule has 0 saturated heterocycles. The van der Waals surface area contributed by atoms with Gasteiger partial charge in [-0.2, -0.15) is 4.52 Å². The number of fused-ring (bicyclic) bond motifs is 1. The first-order valence-electron chi connectivity index (χ1n) is 6.84. The normalized spacial score (nSPS) is 10.8. The SMILES string of the molecule is CCOC(=O)c1cnc(OCC)n2nc(-c3ccco3)nc12. The van der Waals surface area contributed by atoms with Crippen molar-refractivity contribution in [1.82, 2.24) is 19.6 Å². The molecule has 0 amide bonds. The van der Waals surface area contributed by atoms with Crippen LogP contribution in [0.15, 0.2) is 29.0 Å². The number of aromatic nitrogens is 4. The lowest BCUT2D eigenvalue weighted by molar-refractivity contribution is 0.0527. The molecular weight excluding hydrogens is 288 g/mol. The average molecular weight is 302 g/mol. The highest BCUT2D eigenvalue weighted by molar-refractivity contribution is 5.95. The van der Waals surface area contributed by atoms with Gasteiger partial charge in [0.2, 0.25) is 5.82 Å². The summed E-state index contributed by atoms with van der Waals surface area (Å²) in [6, 6.07) is 3.71. The summed E-state index contributed by atoms with van der Waals surface area (Å²) in [5.41, 5.74) is 0.527. The molecule has 0 N–H and O–H groups in total. The van der Waals surface area contributed by atoms with Crippen LogP contribution >= 0.6 is 0 Å². The maximum Gasteiger partial charge on any atom is 0.343 e. The highest BCUT2D eigenvalue weighted by atomic mass is 16.5. The first-order valence-corrected chi connectivity index (χ1v) is 6.84. The van der Waals surface area contributed by atoms with E-state index < -0.39 is 5.97 Å². The quantitative estimate of drug-likeness (QED) is 0.665. The third-order valence-electron chi connectivity index (χ3n) is 2.84. The summed E-state index contributed by atoms with van der Waals surface area (Å²) in [6.07, 6.45) is 2.90. The van der Waals surface area contributed by atoms with E-state index in [4.69, 9.17) is 13.9 Å². The molecule has 0 radical (unpaired) electrons. The molecule has 0 unspecified atom stereocenters. The molecule has 0 aliphatic heterocycles. The zero-order chi connectivity index (χ0) is 15.5. The van der Waals surface area contributed by atoms with Crippen LogP contribution in [0.2, 0.25) is 0 Å². The fourth-order valence-electron chi connectivity index (χ4n) is 1.94. The highest BCUT2D eigenvalue weighted by Crippen LogP contribution is 2.21. The Morgan fingerprint density at radius 2 is 2.23 bits per heavy atom. The van der Waals surface area contributed by atoms with Gasteiger partial charge in [-0.3, -0.25) is 0 Å². The molecule has 3 aromatic heterocycles. The number of nitrogens with zero attached hydrogens (tertiary/aromatic N) is 4. The van der Waals surface area contributed by atoms with Crippen molar-refractivity contribution in [2.24, 2.45) is 0 Å². The molecule has 22 heavy (non-hydrogen) atoms. The summed E-state index contributed by atoms with van der Waals surface area (Å²) in [6.45, 7) is 4.24. The largest absolute Gasteiger partial charge is 0.464 e. The number of esters is 1. The molecule has 0 aliphatic carbocycles. The number of rotatable bonds is 5. The summed E-state index contributed by atoms with van der Waals surface area (Å²) in [5, 5.41) is 4.29. The van der Waals surface area contributed by atoms with Crippen molar-refractivity contribution in [2.75, 3.05) is 13.2 Å². The summed E-state index contributed by atoms with van der Waals surface area (Å²) in [5.74, 6) is 0.312. The van der Waals surface area contributed by atoms with Crippen LogP contribution in [0.25, 0.3) is 17.2 Å². The van der Waals surface area contributed by atoms with Crippen LogP contribution in [-0.4, -0.2) is 38.8 Å². The minimum atomic E-state index is -0.513. The van der Waals surface area contributed by atoms with Crippen LogP contribution < -0.4 is 4.74 Å². The molecule has 0 fully saturated rings. The second-order valence-electron chi connectivity index (χ2n) is 4.26.